The fourth-order valence-electron chi connectivity index (χ4n) is 1.94. The lowest BCUT2D eigenvalue weighted by Crippen LogP contribution is -2.52. The monoisotopic (exact) mass is 216 g/mol. The van der Waals surface area contributed by atoms with Crippen molar-refractivity contribution in [3.63, 3.8) is 0 Å². The normalized spacial score (nSPS) is 16.0. The van der Waals surface area contributed by atoms with E-state index in [9.17, 15) is 5.11 Å². The van der Waals surface area contributed by atoms with E-state index in [1.165, 1.54) is 0 Å². The number of rotatable bonds is 8. The summed E-state index contributed by atoms with van der Waals surface area (Å²) in [5.41, 5.74) is 6.13. The lowest BCUT2D eigenvalue weighted by molar-refractivity contribution is 0.0912. The highest BCUT2D eigenvalue weighted by atomic mass is 16.3. The summed E-state index contributed by atoms with van der Waals surface area (Å²) in [6.45, 7) is 10.8. The minimum atomic E-state index is 0.0631. The molecule has 0 aliphatic rings. The van der Waals surface area contributed by atoms with E-state index in [0.717, 1.165) is 25.9 Å². The van der Waals surface area contributed by atoms with Crippen LogP contribution in [0.4, 0.5) is 0 Å². The summed E-state index contributed by atoms with van der Waals surface area (Å²) in [4.78, 5) is 2.32. The van der Waals surface area contributed by atoms with Crippen LogP contribution in [0, 0.1) is 5.92 Å². The number of aliphatic hydroxyl groups is 1. The molecule has 0 aromatic rings. The third-order valence-electron chi connectivity index (χ3n) is 2.89. The molecule has 15 heavy (non-hydrogen) atoms. The Morgan fingerprint density at radius 3 is 1.87 bits per heavy atom. The molecule has 92 valence electrons. The molecule has 0 heterocycles. The van der Waals surface area contributed by atoms with Gasteiger partial charge in [-0.1, -0.05) is 27.7 Å². The summed E-state index contributed by atoms with van der Waals surface area (Å²) in [6.07, 6.45) is 2.22. The maximum atomic E-state index is 9.45. The number of hydrogen-bond acceptors (Lipinski definition) is 3. The summed E-state index contributed by atoms with van der Waals surface area (Å²) in [6, 6.07) is 0.179. The van der Waals surface area contributed by atoms with Crippen LogP contribution in [0.15, 0.2) is 0 Å². The van der Waals surface area contributed by atoms with Crippen molar-refractivity contribution in [2.45, 2.75) is 52.6 Å². The Labute approximate surface area is 94.6 Å². The zero-order valence-electron chi connectivity index (χ0n) is 10.7. The minimum absolute atomic E-state index is 0.0631. The number of aliphatic hydroxyl groups excluding tert-OH is 1. The van der Waals surface area contributed by atoms with Crippen LogP contribution in [0.1, 0.15) is 40.5 Å². The quantitative estimate of drug-likeness (QED) is 0.646. The van der Waals surface area contributed by atoms with Gasteiger partial charge >= 0.3 is 0 Å². The second-order valence-corrected chi connectivity index (χ2v) is 4.61. The molecule has 0 bridgehead atoms. The minimum Gasteiger partial charge on any atom is -0.395 e. The molecule has 2 atom stereocenters. The predicted molar refractivity (Wildman–Crippen MR) is 65.8 cm³/mol. The topological polar surface area (TPSA) is 49.5 Å². The van der Waals surface area contributed by atoms with E-state index >= 15 is 0 Å². The molecule has 0 aromatic heterocycles. The molecule has 0 aliphatic heterocycles. The highest BCUT2D eigenvalue weighted by Gasteiger charge is 2.25. The molecule has 3 nitrogen and oxygen atoms in total. The molecule has 0 amide bonds. The highest BCUT2D eigenvalue weighted by molar-refractivity contribution is 4.83. The summed E-state index contributed by atoms with van der Waals surface area (Å²) >= 11 is 0. The molecule has 0 saturated carbocycles. The first kappa shape index (κ1) is 14.9. The molecule has 3 N–H and O–H groups in total. The van der Waals surface area contributed by atoms with Crippen LogP contribution in [-0.2, 0) is 0 Å². The van der Waals surface area contributed by atoms with E-state index in [2.05, 4.69) is 32.6 Å². The van der Waals surface area contributed by atoms with E-state index in [4.69, 9.17) is 5.73 Å². The van der Waals surface area contributed by atoms with Crippen molar-refractivity contribution in [3.05, 3.63) is 0 Å². The van der Waals surface area contributed by atoms with Crippen molar-refractivity contribution in [3.8, 4) is 0 Å². The fraction of sp³-hybridized carbons (Fsp3) is 1.00. The van der Waals surface area contributed by atoms with E-state index in [1.807, 2.05) is 0 Å². The van der Waals surface area contributed by atoms with Crippen LogP contribution in [0.25, 0.3) is 0 Å². The Hall–Kier alpha value is -0.120. The van der Waals surface area contributed by atoms with Crippen molar-refractivity contribution < 1.29 is 5.11 Å². The molecule has 0 aromatic carbocycles. The van der Waals surface area contributed by atoms with Crippen LogP contribution in [0.5, 0.6) is 0 Å². The third kappa shape index (κ3) is 4.96. The smallest absolute Gasteiger partial charge is 0.0602 e. The van der Waals surface area contributed by atoms with E-state index in [-0.39, 0.29) is 18.7 Å². The maximum Gasteiger partial charge on any atom is 0.0602 e. The van der Waals surface area contributed by atoms with Crippen molar-refractivity contribution >= 4 is 0 Å². The first-order valence-electron chi connectivity index (χ1n) is 6.18. The molecule has 3 heteroatoms. The summed E-state index contributed by atoms with van der Waals surface area (Å²) in [7, 11) is 0. The first-order chi connectivity index (χ1) is 7.08. The van der Waals surface area contributed by atoms with Crippen LogP contribution in [0.3, 0.4) is 0 Å². The summed E-state index contributed by atoms with van der Waals surface area (Å²) in [5, 5.41) is 9.45. The van der Waals surface area contributed by atoms with Gasteiger partial charge in [0.25, 0.3) is 0 Å². The van der Waals surface area contributed by atoms with Crippen LogP contribution < -0.4 is 5.73 Å². The van der Waals surface area contributed by atoms with Gasteiger partial charge in [0.2, 0.25) is 0 Å². The Bertz CT molecular complexity index is 145. The van der Waals surface area contributed by atoms with E-state index < -0.39 is 0 Å². The molecule has 0 spiro atoms. The van der Waals surface area contributed by atoms with E-state index in [0.29, 0.717) is 5.92 Å². The zero-order valence-corrected chi connectivity index (χ0v) is 10.7. The Kier molecular flexibility index (Phi) is 8.02. The van der Waals surface area contributed by atoms with Gasteiger partial charge in [0.1, 0.15) is 0 Å². The van der Waals surface area contributed by atoms with E-state index in [1.54, 1.807) is 0 Å². The van der Waals surface area contributed by atoms with Crippen molar-refractivity contribution in [1.29, 1.82) is 0 Å². The summed E-state index contributed by atoms with van der Waals surface area (Å²) < 4.78 is 0. The molecular formula is C12H28N2O. The van der Waals surface area contributed by atoms with Crippen LogP contribution in [-0.4, -0.2) is 41.8 Å². The van der Waals surface area contributed by atoms with Crippen molar-refractivity contribution in [2.24, 2.45) is 11.7 Å². The third-order valence-corrected chi connectivity index (χ3v) is 2.89. The van der Waals surface area contributed by atoms with Gasteiger partial charge in [-0.2, -0.15) is 0 Å². The van der Waals surface area contributed by atoms with Gasteiger partial charge in [-0.3, -0.25) is 4.90 Å². The van der Waals surface area contributed by atoms with Crippen LogP contribution in [0.2, 0.25) is 0 Å². The molecule has 0 aliphatic carbocycles. The number of hydrogen-bond donors (Lipinski definition) is 2. The highest BCUT2D eigenvalue weighted by Crippen LogP contribution is 2.11. The molecule has 0 radical (unpaired) electrons. The van der Waals surface area contributed by atoms with Crippen molar-refractivity contribution in [2.75, 3.05) is 19.7 Å². The van der Waals surface area contributed by atoms with Gasteiger partial charge in [0.05, 0.1) is 6.61 Å². The number of nitrogens with zero attached hydrogens (tertiary/aromatic N) is 1. The van der Waals surface area contributed by atoms with Gasteiger partial charge < -0.3 is 10.8 Å². The molecule has 0 saturated heterocycles. The SMILES string of the molecule is CCCN(CCC)C(CO)C(N)C(C)C. The van der Waals surface area contributed by atoms with Gasteiger partial charge in [-0.15, -0.1) is 0 Å². The number of nitrogens with two attached hydrogens (primary N) is 1. The first-order valence-corrected chi connectivity index (χ1v) is 6.18. The lowest BCUT2D eigenvalue weighted by atomic mass is 9.96. The summed E-state index contributed by atoms with van der Waals surface area (Å²) in [5.74, 6) is 0.415. The predicted octanol–water partition coefficient (Wildman–Crippen LogP) is 1.45. The molecular weight excluding hydrogens is 188 g/mol. The van der Waals surface area contributed by atoms with Gasteiger partial charge in [0.15, 0.2) is 0 Å². The van der Waals surface area contributed by atoms with Gasteiger partial charge in [-0.05, 0) is 31.8 Å². The van der Waals surface area contributed by atoms with Gasteiger partial charge in [-0.25, -0.2) is 0 Å². The molecule has 2 unspecified atom stereocenters. The van der Waals surface area contributed by atoms with Crippen LogP contribution >= 0.6 is 0 Å². The van der Waals surface area contributed by atoms with Crippen molar-refractivity contribution in [1.82, 2.24) is 4.90 Å². The average Bonchev–Trinajstić information content (AvgIpc) is 2.19. The molecule has 0 rings (SSSR count). The second-order valence-electron chi connectivity index (χ2n) is 4.61. The average molecular weight is 216 g/mol. The Morgan fingerprint density at radius 1 is 1.13 bits per heavy atom. The second kappa shape index (κ2) is 8.08. The lowest BCUT2D eigenvalue weighted by Gasteiger charge is -2.35. The zero-order chi connectivity index (χ0) is 11.8. The standard InChI is InChI=1S/C12H28N2O/c1-5-7-14(8-6-2)11(9-15)12(13)10(3)4/h10-12,15H,5-9,13H2,1-4H3. The maximum absolute atomic E-state index is 9.45. The fourth-order valence-corrected chi connectivity index (χ4v) is 1.94. The molecule has 0 fully saturated rings. The van der Waals surface area contributed by atoms with Gasteiger partial charge in [0, 0.05) is 12.1 Å². The Morgan fingerprint density at radius 2 is 1.60 bits per heavy atom. The Balaban J connectivity index is 4.42. The largest absolute Gasteiger partial charge is 0.395 e.